The molecule has 0 aliphatic heterocycles. The van der Waals surface area contributed by atoms with Gasteiger partial charge < -0.3 is 14.4 Å². The molecule has 4 heteroatoms. The largest absolute Gasteiger partial charge is 0.496 e. The highest BCUT2D eigenvalue weighted by molar-refractivity contribution is 5.87. The predicted octanol–water partition coefficient (Wildman–Crippen LogP) is 1.18. The van der Waals surface area contributed by atoms with Gasteiger partial charge in [0.2, 0.25) is 0 Å². The van der Waals surface area contributed by atoms with E-state index in [1.54, 1.807) is 13.2 Å². The molecule has 1 N–H and O–H groups in total. The molecule has 0 aliphatic rings. The predicted molar refractivity (Wildman–Crippen MR) is 79.9 cm³/mol. The molecule has 0 fully saturated rings. The Morgan fingerprint density at radius 2 is 1.95 bits per heavy atom. The second-order valence-electron chi connectivity index (χ2n) is 4.45. The first kappa shape index (κ1) is 16.2. The van der Waals surface area contributed by atoms with Gasteiger partial charge in [0, 0.05) is 11.6 Å². The Morgan fingerprint density at radius 3 is 2.60 bits per heavy atom. The first-order chi connectivity index (χ1) is 9.71. The summed E-state index contributed by atoms with van der Waals surface area (Å²) < 4.78 is 10.4. The van der Waals surface area contributed by atoms with E-state index in [1.165, 1.54) is 11.0 Å². The first-order valence-electron chi connectivity index (χ1n) is 7.02. The lowest BCUT2D eigenvalue weighted by Crippen LogP contribution is -3.11. The normalized spacial score (nSPS) is 11.0. The van der Waals surface area contributed by atoms with Crippen LogP contribution in [-0.4, -0.2) is 39.3 Å². The van der Waals surface area contributed by atoms with Gasteiger partial charge >= 0.3 is 5.97 Å². The fourth-order valence-electron chi connectivity index (χ4n) is 1.91. The lowest BCUT2D eigenvalue weighted by Gasteiger charge is -2.14. The average molecular weight is 278 g/mol. The molecule has 0 atom stereocenters. The second-order valence-corrected chi connectivity index (χ2v) is 4.45. The van der Waals surface area contributed by atoms with Crippen LogP contribution in [0.25, 0.3) is 6.08 Å². The number of hydrogen-bond acceptors (Lipinski definition) is 3. The van der Waals surface area contributed by atoms with Crippen LogP contribution in [0.1, 0.15) is 19.4 Å². The van der Waals surface area contributed by atoms with Crippen LogP contribution < -0.4 is 9.64 Å². The van der Waals surface area contributed by atoms with Crippen LogP contribution in [0.2, 0.25) is 0 Å². The smallest absolute Gasteiger partial charge is 0.330 e. The minimum absolute atomic E-state index is 0.317. The molecule has 1 aromatic carbocycles. The molecule has 0 saturated heterocycles. The van der Waals surface area contributed by atoms with E-state index in [4.69, 9.17) is 9.47 Å². The van der Waals surface area contributed by atoms with Gasteiger partial charge in [-0.25, -0.2) is 4.79 Å². The SMILES string of the molecule is CC[NH+](CC)CCOC(=O)C=Cc1ccccc1OC. The van der Waals surface area contributed by atoms with E-state index in [2.05, 4.69) is 13.8 Å². The van der Waals surface area contributed by atoms with Crippen molar-refractivity contribution in [2.45, 2.75) is 13.8 Å². The molecule has 20 heavy (non-hydrogen) atoms. The van der Waals surface area contributed by atoms with Crippen LogP contribution in [0, 0.1) is 0 Å². The minimum Gasteiger partial charge on any atom is -0.496 e. The number of para-hydroxylation sites is 1. The number of likely N-dealkylation sites (N-methyl/N-ethyl adjacent to an activating group) is 1. The molecule has 0 saturated carbocycles. The van der Waals surface area contributed by atoms with E-state index < -0.39 is 0 Å². The monoisotopic (exact) mass is 278 g/mol. The molecular weight excluding hydrogens is 254 g/mol. The molecule has 0 aromatic heterocycles. The van der Waals surface area contributed by atoms with Gasteiger partial charge in [0.15, 0.2) is 0 Å². The fraction of sp³-hybridized carbons (Fsp3) is 0.438. The molecule has 0 heterocycles. The number of nitrogens with one attached hydrogen (secondary N) is 1. The van der Waals surface area contributed by atoms with Gasteiger partial charge in [-0.2, -0.15) is 0 Å². The number of benzene rings is 1. The van der Waals surface area contributed by atoms with E-state index >= 15 is 0 Å². The van der Waals surface area contributed by atoms with Gasteiger partial charge in [-0.3, -0.25) is 0 Å². The van der Waals surface area contributed by atoms with Crippen LogP contribution in [0.15, 0.2) is 30.3 Å². The Bertz CT molecular complexity index is 439. The van der Waals surface area contributed by atoms with E-state index in [9.17, 15) is 4.79 Å². The highest BCUT2D eigenvalue weighted by atomic mass is 16.5. The number of esters is 1. The third-order valence-corrected chi connectivity index (χ3v) is 3.24. The molecule has 0 unspecified atom stereocenters. The van der Waals surface area contributed by atoms with E-state index in [0.717, 1.165) is 30.9 Å². The van der Waals surface area contributed by atoms with Gasteiger partial charge in [0.25, 0.3) is 0 Å². The maximum atomic E-state index is 11.6. The van der Waals surface area contributed by atoms with Crippen molar-refractivity contribution in [3.05, 3.63) is 35.9 Å². The van der Waals surface area contributed by atoms with Gasteiger partial charge in [-0.05, 0) is 26.0 Å². The van der Waals surface area contributed by atoms with E-state index in [-0.39, 0.29) is 5.97 Å². The van der Waals surface area contributed by atoms with Crippen molar-refractivity contribution < 1.29 is 19.2 Å². The van der Waals surface area contributed by atoms with Crippen molar-refractivity contribution in [3.63, 3.8) is 0 Å². The van der Waals surface area contributed by atoms with Crippen LogP contribution in [-0.2, 0) is 9.53 Å². The van der Waals surface area contributed by atoms with Crippen molar-refractivity contribution >= 4 is 12.0 Å². The Hall–Kier alpha value is -1.81. The summed E-state index contributed by atoms with van der Waals surface area (Å²) in [5.74, 6) is 0.423. The summed E-state index contributed by atoms with van der Waals surface area (Å²) in [6.45, 7) is 7.65. The first-order valence-corrected chi connectivity index (χ1v) is 7.02. The van der Waals surface area contributed by atoms with Crippen molar-refractivity contribution in [2.24, 2.45) is 0 Å². The molecule has 0 radical (unpaired) electrons. The van der Waals surface area contributed by atoms with Gasteiger partial charge in [0.1, 0.15) is 18.9 Å². The molecule has 0 aliphatic carbocycles. The molecule has 1 rings (SSSR count). The minimum atomic E-state index is -0.317. The zero-order valence-electron chi connectivity index (χ0n) is 12.5. The fourth-order valence-corrected chi connectivity index (χ4v) is 1.91. The number of methoxy groups -OCH3 is 1. The number of carbonyl (C=O) groups excluding carboxylic acids is 1. The number of quaternary nitrogens is 1. The Labute approximate surface area is 121 Å². The molecule has 0 amide bonds. The molecule has 0 bridgehead atoms. The third kappa shape index (κ3) is 5.45. The Kier molecular flexibility index (Phi) is 7.43. The van der Waals surface area contributed by atoms with Gasteiger partial charge in [-0.15, -0.1) is 0 Å². The summed E-state index contributed by atoms with van der Waals surface area (Å²) >= 11 is 0. The summed E-state index contributed by atoms with van der Waals surface area (Å²) in [7, 11) is 1.61. The Morgan fingerprint density at radius 1 is 1.25 bits per heavy atom. The molecular formula is C16H24NO3+. The average Bonchev–Trinajstić information content (AvgIpc) is 2.49. The maximum Gasteiger partial charge on any atom is 0.330 e. The lowest BCUT2D eigenvalue weighted by molar-refractivity contribution is -0.896. The summed E-state index contributed by atoms with van der Waals surface area (Å²) in [4.78, 5) is 13.0. The highest BCUT2D eigenvalue weighted by Gasteiger charge is 2.04. The molecule has 4 nitrogen and oxygen atoms in total. The van der Waals surface area contributed by atoms with Crippen LogP contribution in [0.5, 0.6) is 5.75 Å². The quantitative estimate of drug-likeness (QED) is 0.573. The van der Waals surface area contributed by atoms with Crippen molar-refractivity contribution in [2.75, 3.05) is 33.4 Å². The number of ether oxygens (including phenoxy) is 2. The highest BCUT2D eigenvalue weighted by Crippen LogP contribution is 2.18. The van der Waals surface area contributed by atoms with E-state index in [1.807, 2.05) is 24.3 Å². The summed E-state index contributed by atoms with van der Waals surface area (Å²) in [5, 5.41) is 0. The summed E-state index contributed by atoms with van der Waals surface area (Å²) in [6, 6.07) is 7.54. The van der Waals surface area contributed by atoms with Crippen LogP contribution in [0.3, 0.4) is 0 Å². The van der Waals surface area contributed by atoms with Crippen molar-refractivity contribution in [1.29, 1.82) is 0 Å². The summed E-state index contributed by atoms with van der Waals surface area (Å²) in [6.07, 6.45) is 3.15. The second kappa shape index (κ2) is 9.15. The van der Waals surface area contributed by atoms with Crippen LogP contribution in [0.4, 0.5) is 0 Å². The standard InChI is InChI=1S/C16H23NO3/c1-4-17(5-2)12-13-20-16(18)11-10-14-8-6-7-9-15(14)19-3/h6-11H,4-5,12-13H2,1-3H3/p+1. The number of rotatable bonds is 8. The van der Waals surface area contributed by atoms with Crippen LogP contribution >= 0.6 is 0 Å². The van der Waals surface area contributed by atoms with Gasteiger partial charge in [-0.1, -0.05) is 18.2 Å². The molecule has 0 spiro atoms. The van der Waals surface area contributed by atoms with Crippen molar-refractivity contribution in [3.8, 4) is 5.75 Å². The number of hydrogen-bond donors (Lipinski definition) is 1. The third-order valence-electron chi connectivity index (χ3n) is 3.24. The lowest BCUT2D eigenvalue weighted by atomic mass is 10.2. The number of carbonyl (C=O) groups is 1. The maximum absolute atomic E-state index is 11.6. The molecule has 1 aromatic rings. The zero-order valence-corrected chi connectivity index (χ0v) is 12.5. The Balaban J connectivity index is 2.43. The summed E-state index contributed by atoms with van der Waals surface area (Å²) in [5.41, 5.74) is 0.862. The van der Waals surface area contributed by atoms with E-state index in [0.29, 0.717) is 6.61 Å². The topological polar surface area (TPSA) is 40.0 Å². The van der Waals surface area contributed by atoms with Gasteiger partial charge in [0.05, 0.1) is 20.2 Å². The molecule has 110 valence electrons. The van der Waals surface area contributed by atoms with Crippen molar-refractivity contribution in [1.82, 2.24) is 0 Å². The zero-order chi connectivity index (χ0) is 14.8.